The summed E-state index contributed by atoms with van der Waals surface area (Å²) in [5.41, 5.74) is 2.62. The van der Waals surface area contributed by atoms with Crippen LogP contribution in [0.25, 0.3) is 6.08 Å². The first-order valence-electron chi connectivity index (χ1n) is 5.63. The normalized spacial score (nSPS) is 11.2. The number of aryl methyl sites for hydroxylation is 1. The molecule has 0 aliphatic carbocycles. The van der Waals surface area contributed by atoms with E-state index in [-0.39, 0.29) is 0 Å². The second-order valence-electron chi connectivity index (χ2n) is 3.98. The summed E-state index contributed by atoms with van der Waals surface area (Å²) < 4.78 is 5.48. The topological polar surface area (TPSA) is 9.23 Å². The molecule has 0 N–H and O–H groups in total. The summed E-state index contributed by atoms with van der Waals surface area (Å²) in [6, 6.07) is 8.67. The Bertz CT molecular complexity index is 301. The molecule has 1 aromatic rings. The van der Waals surface area contributed by atoms with Crippen LogP contribution in [0.2, 0.25) is 13.1 Å². The van der Waals surface area contributed by atoms with Crippen LogP contribution in [0.3, 0.4) is 0 Å². The van der Waals surface area contributed by atoms with E-state index in [0.717, 1.165) is 0 Å². The first-order valence-corrected chi connectivity index (χ1v) is 8.41. The van der Waals surface area contributed by atoms with Gasteiger partial charge in [0.25, 0.3) is 0 Å². The van der Waals surface area contributed by atoms with E-state index >= 15 is 0 Å². The molecular weight excluding hydrogens is 200 g/mol. The van der Waals surface area contributed by atoms with Crippen molar-refractivity contribution in [3.05, 3.63) is 41.7 Å². The van der Waals surface area contributed by atoms with Crippen molar-refractivity contribution in [2.45, 2.75) is 32.9 Å². The lowest BCUT2D eigenvalue weighted by molar-refractivity contribution is 0.505. The molecule has 0 fully saturated rings. The van der Waals surface area contributed by atoms with Gasteiger partial charge in [-0.15, -0.1) is 0 Å². The smallest absolute Gasteiger partial charge is 0.228 e. The average Bonchev–Trinajstić information content (AvgIpc) is 2.20. The molecule has 0 spiro atoms. The van der Waals surface area contributed by atoms with Gasteiger partial charge < -0.3 is 4.43 Å². The van der Waals surface area contributed by atoms with Gasteiger partial charge in [-0.25, -0.2) is 0 Å². The molecule has 82 valence electrons. The van der Waals surface area contributed by atoms with Gasteiger partial charge in [0.2, 0.25) is 9.04 Å². The fourth-order valence-corrected chi connectivity index (χ4v) is 1.75. The van der Waals surface area contributed by atoms with E-state index in [0.29, 0.717) is 0 Å². The van der Waals surface area contributed by atoms with E-state index in [9.17, 15) is 0 Å². The van der Waals surface area contributed by atoms with Crippen molar-refractivity contribution in [3.63, 3.8) is 0 Å². The van der Waals surface area contributed by atoms with Gasteiger partial charge in [0, 0.05) is 0 Å². The van der Waals surface area contributed by atoms with Crippen LogP contribution >= 0.6 is 0 Å². The van der Waals surface area contributed by atoms with Crippen LogP contribution in [0.15, 0.2) is 30.5 Å². The highest BCUT2D eigenvalue weighted by atomic mass is 28.3. The molecule has 0 saturated carbocycles. The van der Waals surface area contributed by atoms with E-state index < -0.39 is 9.04 Å². The third kappa shape index (κ3) is 4.84. The van der Waals surface area contributed by atoms with Crippen molar-refractivity contribution in [3.8, 4) is 0 Å². The minimum absolute atomic E-state index is 0.920. The minimum atomic E-state index is -0.920. The predicted molar refractivity (Wildman–Crippen MR) is 69.4 cm³/mol. The fraction of sp³-hybridized carbons (Fsp3) is 0.385. The highest BCUT2D eigenvalue weighted by Crippen LogP contribution is 2.08. The van der Waals surface area contributed by atoms with Gasteiger partial charge in [-0.2, -0.15) is 0 Å². The van der Waals surface area contributed by atoms with Crippen LogP contribution in [0.1, 0.15) is 24.5 Å². The molecule has 15 heavy (non-hydrogen) atoms. The molecule has 0 radical (unpaired) electrons. The molecule has 0 aliphatic heterocycles. The maximum atomic E-state index is 5.48. The second-order valence-corrected chi connectivity index (χ2v) is 6.35. The van der Waals surface area contributed by atoms with Crippen LogP contribution in [-0.4, -0.2) is 9.04 Å². The lowest BCUT2D eigenvalue weighted by Crippen LogP contribution is -2.00. The summed E-state index contributed by atoms with van der Waals surface area (Å²) in [5, 5.41) is 0. The first kappa shape index (κ1) is 12.0. The number of benzene rings is 1. The van der Waals surface area contributed by atoms with Gasteiger partial charge in [0.1, 0.15) is 0 Å². The Balaban J connectivity index is 2.52. The molecule has 0 aromatic heterocycles. The molecular formula is C13H20OSi. The van der Waals surface area contributed by atoms with Crippen LogP contribution < -0.4 is 0 Å². The summed E-state index contributed by atoms with van der Waals surface area (Å²) in [6.07, 6.45) is 6.23. The average molecular weight is 220 g/mol. The van der Waals surface area contributed by atoms with Gasteiger partial charge in [-0.1, -0.05) is 37.6 Å². The van der Waals surface area contributed by atoms with Crippen LogP contribution in [-0.2, 0) is 10.8 Å². The standard InChI is InChI=1S/C13H20OSi/c1-4-5-12-6-8-13(9-7-12)10-11-14-15(2)3/h6-11,15H,4-5H2,1-3H3. The monoisotopic (exact) mass is 220 g/mol. The van der Waals surface area contributed by atoms with E-state index in [1.54, 1.807) is 0 Å². The molecule has 0 unspecified atom stereocenters. The summed E-state index contributed by atoms with van der Waals surface area (Å²) in [6.45, 7) is 6.53. The lowest BCUT2D eigenvalue weighted by atomic mass is 10.1. The maximum Gasteiger partial charge on any atom is 0.228 e. The Kier molecular flexibility index (Phi) is 5.19. The van der Waals surface area contributed by atoms with Gasteiger partial charge in [0.15, 0.2) is 0 Å². The van der Waals surface area contributed by atoms with Gasteiger partial charge in [-0.3, -0.25) is 0 Å². The molecule has 1 aromatic carbocycles. The van der Waals surface area contributed by atoms with Crippen molar-refractivity contribution < 1.29 is 4.43 Å². The third-order valence-corrected chi connectivity index (χ3v) is 2.83. The van der Waals surface area contributed by atoms with Gasteiger partial charge >= 0.3 is 0 Å². The summed E-state index contributed by atoms with van der Waals surface area (Å²) >= 11 is 0. The molecule has 0 aliphatic rings. The summed E-state index contributed by atoms with van der Waals surface area (Å²) in [5.74, 6) is 0. The molecule has 0 heterocycles. The van der Waals surface area contributed by atoms with E-state index in [2.05, 4.69) is 44.3 Å². The molecule has 0 atom stereocenters. The second kappa shape index (κ2) is 6.46. The molecule has 0 saturated heterocycles. The molecule has 1 nitrogen and oxygen atoms in total. The maximum absolute atomic E-state index is 5.48. The fourth-order valence-electron chi connectivity index (χ4n) is 1.36. The van der Waals surface area contributed by atoms with Crippen LogP contribution in [0, 0.1) is 0 Å². The Morgan fingerprint density at radius 3 is 2.40 bits per heavy atom. The predicted octanol–water partition coefficient (Wildman–Crippen LogP) is 3.61. The summed E-state index contributed by atoms with van der Waals surface area (Å²) in [7, 11) is -0.920. The van der Waals surface area contributed by atoms with Crippen molar-refractivity contribution in [1.29, 1.82) is 0 Å². The molecule has 1 rings (SSSR count). The molecule has 0 amide bonds. The van der Waals surface area contributed by atoms with Crippen molar-refractivity contribution in [2.75, 3.05) is 0 Å². The molecule has 0 bridgehead atoms. The largest absolute Gasteiger partial charge is 0.552 e. The Morgan fingerprint density at radius 1 is 1.20 bits per heavy atom. The lowest BCUT2D eigenvalue weighted by Gasteiger charge is -2.02. The Hall–Kier alpha value is -1.02. The number of rotatable bonds is 5. The first-order chi connectivity index (χ1) is 7.22. The Labute approximate surface area is 94.5 Å². The van der Waals surface area contributed by atoms with E-state index in [1.165, 1.54) is 24.0 Å². The van der Waals surface area contributed by atoms with Gasteiger partial charge in [-0.05, 0) is 36.7 Å². The highest BCUT2D eigenvalue weighted by Gasteiger charge is 1.92. The molecule has 2 heteroatoms. The third-order valence-electron chi connectivity index (χ3n) is 2.13. The van der Waals surface area contributed by atoms with E-state index in [4.69, 9.17) is 4.43 Å². The summed E-state index contributed by atoms with van der Waals surface area (Å²) in [4.78, 5) is 0. The zero-order valence-electron chi connectivity index (χ0n) is 9.86. The van der Waals surface area contributed by atoms with Crippen LogP contribution in [0.5, 0.6) is 0 Å². The Morgan fingerprint density at radius 2 is 1.87 bits per heavy atom. The minimum Gasteiger partial charge on any atom is -0.552 e. The van der Waals surface area contributed by atoms with E-state index in [1.807, 2.05) is 12.3 Å². The number of hydrogen-bond acceptors (Lipinski definition) is 1. The SMILES string of the molecule is CCCc1ccc(C=CO[SiH](C)C)cc1. The highest BCUT2D eigenvalue weighted by molar-refractivity contribution is 6.48. The van der Waals surface area contributed by atoms with Crippen molar-refractivity contribution in [2.24, 2.45) is 0 Å². The quantitative estimate of drug-likeness (QED) is 0.544. The van der Waals surface area contributed by atoms with Crippen molar-refractivity contribution >= 4 is 15.1 Å². The van der Waals surface area contributed by atoms with Crippen molar-refractivity contribution in [1.82, 2.24) is 0 Å². The zero-order chi connectivity index (χ0) is 11.1. The zero-order valence-corrected chi connectivity index (χ0v) is 11.0. The number of hydrogen-bond donors (Lipinski definition) is 0. The van der Waals surface area contributed by atoms with Crippen LogP contribution in [0.4, 0.5) is 0 Å². The van der Waals surface area contributed by atoms with Gasteiger partial charge in [0.05, 0.1) is 6.26 Å².